The van der Waals surface area contributed by atoms with Crippen molar-refractivity contribution in [2.24, 2.45) is 10.9 Å². The van der Waals surface area contributed by atoms with Gasteiger partial charge in [0.25, 0.3) is 0 Å². The van der Waals surface area contributed by atoms with Crippen LogP contribution in [0.1, 0.15) is 37.4 Å². The van der Waals surface area contributed by atoms with Crippen LogP contribution in [-0.2, 0) is 0 Å². The minimum absolute atomic E-state index is 0.0125. The van der Waals surface area contributed by atoms with Gasteiger partial charge in [0.1, 0.15) is 35.1 Å². The summed E-state index contributed by atoms with van der Waals surface area (Å²) in [6, 6.07) is 1.32. The zero-order valence-electron chi connectivity index (χ0n) is 14.0. The van der Waals surface area contributed by atoms with Crippen molar-refractivity contribution >= 4 is 22.7 Å². The van der Waals surface area contributed by atoms with Gasteiger partial charge in [-0.2, -0.15) is 10.1 Å². The zero-order chi connectivity index (χ0) is 18.4. The topological polar surface area (TPSA) is 46.3 Å². The molecule has 0 radical (unpaired) electrons. The van der Waals surface area contributed by atoms with Crippen molar-refractivity contribution in [1.29, 1.82) is 0 Å². The van der Waals surface area contributed by atoms with E-state index in [0.717, 1.165) is 25.9 Å². The van der Waals surface area contributed by atoms with E-state index in [4.69, 9.17) is 11.6 Å². The molecule has 9 heteroatoms. The summed E-state index contributed by atoms with van der Waals surface area (Å²) >= 11 is 6.34. The Morgan fingerprint density at radius 3 is 2.42 bits per heavy atom. The van der Waals surface area contributed by atoms with Crippen molar-refractivity contribution in [1.82, 2.24) is 19.7 Å². The Hall–Kier alpha value is -1.93. The lowest BCUT2D eigenvalue weighted by molar-refractivity contribution is 0.0772. The van der Waals surface area contributed by atoms with Crippen LogP contribution in [0.3, 0.4) is 0 Å². The average Bonchev–Trinajstić information content (AvgIpc) is 3.03. The van der Waals surface area contributed by atoms with Crippen molar-refractivity contribution in [3.63, 3.8) is 0 Å². The molecule has 0 amide bonds. The van der Waals surface area contributed by atoms with Gasteiger partial charge in [0.2, 0.25) is 5.95 Å². The molecule has 26 heavy (non-hydrogen) atoms. The van der Waals surface area contributed by atoms with Gasteiger partial charge in [-0.3, -0.25) is 4.90 Å². The summed E-state index contributed by atoms with van der Waals surface area (Å²) in [7, 11) is 0. The molecule has 1 aromatic carbocycles. The maximum atomic E-state index is 14.5. The first-order valence-electron chi connectivity index (χ1n) is 8.47. The molecule has 0 spiro atoms. The van der Waals surface area contributed by atoms with Crippen molar-refractivity contribution in [2.75, 3.05) is 13.1 Å². The van der Waals surface area contributed by atoms with Crippen LogP contribution in [0.2, 0.25) is 0 Å². The highest BCUT2D eigenvalue weighted by Crippen LogP contribution is 2.43. The second-order valence-electron chi connectivity index (χ2n) is 6.83. The van der Waals surface area contributed by atoms with E-state index in [2.05, 4.69) is 26.9 Å². The third kappa shape index (κ3) is 2.91. The predicted octanol–water partition coefficient (Wildman–Crippen LogP) is 3.99. The second-order valence-corrected chi connectivity index (χ2v) is 7.22. The van der Waals surface area contributed by atoms with Crippen molar-refractivity contribution in [3.8, 4) is 0 Å². The van der Waals surface area contributed by atoms with Gasteiger partial charge < -0.3 is 0 Å². The molecule has 1 saturated heterocycles. The lowest BCUT2D eigenvalue weighted by atomic mass is 9.91. The van der Waals surface area contributed by atoms with E-state index in [0.29, 0.717) is 18.1 Å². The smallest absolute Gasteiger partial charge is 0.250 e. The standard InChI is InChI=1S/C17H17ClF3N5/c1-9-2-4-25(5-3-9)16-14(13-11(20)6-10(19)7-12(13)21)15(18)24-17-22-8-23-26(16)17/h6-9,14,16H,2-5H2,1H3. The Morgan fingerprint density at radius 1 is 1.12 bits per heavy atom. The molecular formula is C17H17ClF3N5. The molecular weight excluding hydrogens is 367 g/mol. The highest BCUT2D eigenvalue weighted by molar-refractivity contribution is 6.67. The van der Waals surface area contributed by atoms with E-state index < -0.39 is 29.5 Å². The molecule has 2 aliphatic rings. The van der Waals surface area contributed by atoms with E-state index in [1.165, 1.54) is 11.0 Å². The fraction of sp³-hybridized carbons (Fsp3) is 0.471. The lowest BCUT2D eigenvalue weighted by Gasteiger charge is -2.41. The van der Waals surface area contributed by atoms with Gasteiger partial charge in [0, 0.05) is 30.8 Å². The van der Waals surface area contributed by atoms with Crippen LogP contribution in [0.5, 0.6) is 0 Å². The van der Waals surface area contributed by atoms with Gasteiger partial charge in [-0.1, -0.05) is 18.5 Å². The molecule has 5 nitrogen and oxygen atoms in total. The molecule has 2 aliphatic heterocycles. The summed E-state index contributed by atoms with van der Waals surface area (Å²) in [6.07, 6.45) is 2.68. The minimum atomic E-state index is -0.986. The fourth-order valence-electron chi connectivity index (χ4n) is 3.72. The molecule has 0 saturated carbocycles. The van der Waals surface area contributed by atoms with E-state index in [-0.39, 0.29) is 16.7 Å². The number of benzene rings is 1. The fourth-order valence-corrected chi connectivity index (χ4v) is 4.01. The van der Waals surface area contributed by atoms with Crippen LogP contribution < -0.4 is 0 Å². The Kier molecular flexibility index (Phi) is 4.48. The van der Waals surface area contributed by atoms with Gasteiger partial charge in [-0.15, -0.1) is 0 Å². The largest absolute Gasteiger partial charge is 0.281 e. The number of aromatic nitrogens is 3. The minimum Gasteiger partial charge on any atom is -0.281 e. The number of likely N-dealkylation sites (tertiary alicyclic amines) is 1. The van der Waals surface area contributed by atoms with Crippen LogP contribution in [0, 0.1) is 23.4 Å². The van der Waals surface area contributed by atoms with Crippen LogP contribution in [-0.4, -0.2) is 37.9 Å². The maximum Gasteiger partial charge on any atom is 0.250 e. The maximum absolute atomic E-state index is 14.5. The molecule has 138 valence electrons. The highest BCUT2D eigenvalue weighted by Gasteiger charge is 2.42. The number of halogens is 4. The van der Waals surface area contributed by atoms with E-state index in [9.17, 15) is 13.2 Å². The van der Waals surface area contributed by atoms with Gasteiger partial charge in [0.15, 0.2) is 0 Å². The van der Waals surface area contributed by atoms with Gasteiger partial charge in [0.05, 0.1) is 5.92 Å². The summed E-state index contributed by atoms with van der Waals surface area (Å²) in [6.45, 7) is 3.64. The van der Waals surface area contributed by atoms with Gasteiger partial charge in [-0.25, -0.2) is 22.8 Å². The number of fused-ring (bicyclic) bond motifs is 1. The Morgan fingerprint density at radius 2 is 1.77 bits per heavy atom. The number of nitrogens with zero attached hydrogens (tertiary/aromatic N) is 5. The summed E-state index contributed by atoms with van der Waals surface area (Å²) in [5.74, 6) is -3.01. The van der Waals surface area contributed by atoms with Gasteiger partial charge in [-0.05, 0) is 18.8 Å². The molecule has 2 aromatic rings. The summed E-state index contributed by atoms with van der Waals surface area (Å²) in [4.78, 5) is 10.3. The van der Waals surface area contributed by atoms with E-state index in [1.807, 2.05) is 0 Å². The highest BCUT2D eigenvalue weighted by atomic mass is 35.5. The Labute approximate surface area is 153 Å². The van der Waals surface area contributed by atoms with Crippen molar-refractivity contribution in [3.05, 3.63) is 41.5 Å². The molecule has 1 fully saturated rings. The van der Waals surface area contributed by atoms with E-state index >= 15 is 0 Å². The van der Waals surface area contributed by atoms with Crippen molar-refractivity contribution < 1.29 is 13.2 Å². The monoisotopic (exact) mass is 383 g/mol. The third-order valence-corrected chi connectivity index (χ3v) is 5.43. The third-order valence-electron chi connectivity index (χ3n) is 5.11. The number of hydrogen-bond donors (Lipinski definition) is 0. The molecule has 2 atom stereocenters. The summed E-state index contributed by atoms with van der Waals surface area (Å²) in [5.41, 5.74) is -0.301. The number of hydrogen-bond acceptors (Lipinski definition) is 4. The van der Waals surface area contributed by atoms with E-state index in [1.54, 1.807) is 0 Å². The lowest BCUT2D eigenvalue weighted by Crippen LogP contribution is -2.44. The van der Waals surface area contributed by atoms with Gasteiger partial charge >= 0.3 is 0 Å². The molecule has 0 N–H and O–H groups in total. The van der Waals surface area contributed by atoms with Crippen LogP contribution in [0.15, 0.2) is 23.5 Å². The Bertz CT molecular complexity index is 837. The molecule has 4 rings (SSSR count). The average molecular weight is 384 g/mol. The second kappa shape index (κ2) is 6.66. The predicted molar refractivity (Wildman–Crippen MR) is 91.0 cm³/mol. The summed E-state index contributed by atoms with van der Waals surface area (Å²) < 4.78 is 43.9. The summed E-state index contributed by atoms with van der Waals surface area (Å²) in [5, 5.41) is 4.21. The molecule has 0 aliphatic carbocycles. The van der Waals surface area contributed by atoms with Crippen molar-refractivity contribution in [2.45, 2.75) is 31.8 Å². The first-order chi connectivity index (χ1) is 12.5. The van der Waals surface area contributed by atoms with Crippen LogP contribution in [0.25, 0.3) is 0 Å². The van der Waals surface area contributed by atoms with Crippen LogP contribution in [0.4, 0.5) is 19.1 Å². The number of rotatable bonds is 2. The normalized spacial score (nSPS) is 24.4. The number of piperidine rings is 1. The Balaban J connectivity index is 1.83. The molecule has 2 unspecified atom stereocenters. The number of aliphatic imine (C=N–C) groups is 1. The SMILES string of the molecule is CC1CCN(C2C(c3c(F)cc(F)cc3F)C(Cl)=Nc3ncnn32)CC1. The van der Waals surface area contributed by atoms with Crippen LogP contribution >= 0.6 is 11.6 Å². The molecule has 1 aromatic heterocycles. The first-order valence-corrected chi connectivity index (χ1v) is 8.85. The zero-order valence-corrected chi connectivity index (χ0v) is 14.8. The first kappa shape index (κ1) is 17.5. The molecule has 3 heterocycles. The quantitative estimate of drug-likeness (QED) is 0.787. The molecule has 0 bridgehead atoms.